The van der Waals surface area contributed by atoms with Crippen LogP contribution in [0.25, 0.3) is 11.0 Å². The summed E-state index contributed by atoms with van der Waals surface area (Å²) in [5.74, 6) is 0.769. The zero-order valence-electron chi connectivity index (χ0n) is 16.0. The number of thioether (sulfide) groups is 1. The first-order chi connectivity index (χ1) is 14.7. The molecule has 0 saturated heterocycles. The number of aliphatic imine (C=N–C) groups is 1. The molecule has 0 saturated carbocycles. The number of ether oxygens (including phenoxy) is 1. The summed E-state index contributed by atoms with van der Waals surface area (Å²) in [6, 6.07) is 23.2. The van der Waals surface area contributed by atoms with Crippen LogP contribution in [0.1, 0.15) is 17.2 Å². The van der Waals surface area contributed by atoms with Gasteiger partial charge in [-0.3, -0.25) is 0 Å². The highest BCUT2D eigenvalue weighted by Crippen LogP contribution is 2.51. The van der Waals surface area contributed by atoms with Crippen LogP contribution in [0.15, 0.2) is 91.9 Å². The highest BCUT2D eigenvalue weighted by atomic mass is 32.2. The Morgan fingerprint density at radius 2 is 1.77 bits per heavy atom. The Hall–Kier alpha value is -3.51. The van der Waals surface area contributed by atoms with Crippen molar-refractivity contribution in [2.45, 2.75) is 10.9 Å². The average molecular weight is 412 g/mol. The zero-order valence-corrected chi connectivity index (χ0v) is 16.8. The van der Waals surface area contributed by atoms with E-state index in [0.717, 1.165) is 32.4 Å². The number of anilines is 1. The van der Waals surface area contributed by atoms with E-state index in [1.54, 1.807) is 18.9 Å². The summed E-state index contributed by atoms with van der Waals surface area (Å²) < 4.78 is 11.0. The monoisotopic (exact) mass is 412 g/mol. The minimum atomic E-state index is -0.360. The van der Waals surface area contributed by atoms with Crippen LogP contribution in [0.2, 0.25) is 0 Å². The molecule has 3 aromatic carbocycles. The molecule has 5 nitrogen and oxygen atoms in total. The molecule has 6 heteroatoms. The molecule has 0 fully saturated rings. The van der Waals surface area contributed by atoms with Crippen LogP contribution >= 0.6 is 11.8 Å². The van der Waals surface area contributed by atoms with Crippen LogP contribution in [0.3, 0.4) is 0 Å². The van der Waals surface area contributed by atoms with E-state index in [-0.39, 0.29) is 11.7 Å². The fourth-order valence-corrected chi connectivity index (χ4v) is 5.21. The Bertz CT molecular complexity index is 1390. The molecule has 1 aromatic heterocycles. The molecular formula is C24H16N2O3S. The van der Waals surface area contributed by atoms with E-state index in [9.17, 15) is 4.79 Å². The molecule has 0 N–H and O–H groups in total. The van der Waals surface area contributed by atoms with Crippen molar-refractivity contribution in [3.63, 3.8) is 0 Å². The van der Waals surface area contributed by atoms with Gasteiger partial charge in [-0.1, -0.05) is 36.4 Å². The molecule has 3 heterocycles. The normalized spacial score (nSPS) is 16.6. The number of benzene rings is 3. The molecule has 2 aliphatic rings. The molecule has 0 radical (unpaired) electrons. The van der Waals surface area contributed by atoms with Crippen molar-refractivity contribution in [2.75, 3.05) is 12.0 Å². The van der Waals surface area contributed by atoms with Gasteiger partial charge in [0, 0.05) is 10.3 Å². The lowest BCUT2D eigenvalue weighted by Gasteiger charge is -2.34. The molecular weight excluding hydrogens is 396 g/mol. The lowest BCUT2D eigenvalue weighted by Crippen LogP contribution is -2.36. The van der Waals surface area contributed by atoms with E-state index in [2.05, 4.69) is 17.0 Å². The summed E-state index contributed by atoms with van der Waals surface area (Å²) in [4.78, 5) is 21.4. The number of amidine groups is 1. The maximum atomic E-state index is 13.2. The van der Waals surface area contributed by atoms with Gasteiger partial charge in [-0.05, 0) is 53.7 Å². The van der Waals surface area contributed by atoms with Crippen LogP contribution < -0.4 is 15.3 Å². The number of hydrogen-bond donors (Lipinski definition) is 0. The number of methoxy groups -OCH3 is 1. The van der Waals surface area contributed by atoms with Crippen LogP contribution in [-0.4, -0.2) is 12.3 Å². The van der Waals surface area contributed by atoms with E-state index < -0.39 is 0 Å². The molecule has 0 amide bonds. The molecule has 30 heavy (non-hydrogen) atoms. The summed E-state index contributed by atoms with van der Waals surface area (Å²) >= 11 is 1.62. The SMILES string of the molecule is COc1ccc(C2c3c(c4ccccc4oc3=O)N=C3Sc4ccccc4N32)cc1. The predicted octanol–water partition coefficient (Wildman–Crippen LogP) is 5.50. The highest BCUT2D eigenvalue weighted by Gasteiger charge is 2.41. The molecule has 0 bridgehead atoms. The summed E-state index contributed by atoms with van der Waals surface area (Å²) in [6.07, 6.45) is 0. The van der Waals surface area contributed by atoms with Gasteiger partial charge < -0.3 is 14.1 Å². The first-order valence-electron chi connectivity index (χ1n) is 9.59. The van der Waals surface area contributed by atoms with Crippen molar-refractivity contribution < 1.29 is 9.15 Å². The fourth-order valence-electron chi connectivity index (χ4n) is 4.16. The highest BCUT2D eigenvalue weighted by molar-refractivity contribution is 8.14. The minimum Gasteiger partial charge on any atom is -0.497 e. The van der Waals surface area contributed by atoms with Gasteiger partial charge >= 0.3 is 5.63 Å². The number of hydrogen-bond acceptors (Lipinski definition) is 6. The van der Waals surface area contributed by atoms with Gasteiger partial charge in [0.25, 0.3) is 0 Å². The van der Waals surface area contributed by atoms with Gasteiger partial charge in [0.15, 0.2) is 5.17 Å². The van der Waals surface area contributed by atoms with Crippen LogP contribution in [0, 0.1) is 0 Å². The van der Waals surface area contributed by atoms with Crippen molar-refractivity contribution in [2.24, 2.45) is 4.99 Å². The molecule has 2 aliphatic heterocycles. The third kappa shape index (κ3) is 2.44. The fraction of sp³-hybridized carbons (Fsp3) is 0.0833. The summed E-state index contributed by atoms with van der Waals surface area (Å²) in [7, 11) is 1.64. The average Bonchev–Trinajstić information content (AvgIpc) is 3.16. The maximum Gasteiger partial charge on any atom is 0.344 e. The molecule has 146 valence electrons. The van der Waals surface area contributed by atoms with Crippen LogP contribution in [0.5, 0.6) is 5.75 Å². The van der Waals surface area contributed by atoms with Crippen LogP contribution in [-0.2, 0) is 0 Å². The van der Waals surface area contributed by atoms with Crippen LogP contribution in [0.4, 0.5) is 11.4 Å². The third-order valence-corrected chi connectivity index (χ3v) is 6.56. The number of rotatable bonds is 2. The number of para-hydroxylation sites is 2. The largest absolute Gasteiger partial charge is 0.497 e. The second-order valence-electron chi connectivity index (χ2n) is 7.16. The van der Waals surface area contributed by atoms with Crippen molar-refractivity contribution in [1.82, 2.24) is 0 Å². The second-order valence-corrected chi connectivity index (χ2v) is 8.17. The summed E-state index contributed by atoms with van der Waals surface area (Å²) in [5, 5.41) is 1.70. The van der Waals surface area contributed by atoms with E-state index in [1.165, 1.54) is 0 Å². The van der Waals surface area contributed by atoms with Gasteiger partial charge in [-0.2, -0.15) is 0 Å². The van der Waals surface area contributed by atoms with Gasteiger partial charge in [0.05, 0.1) is 30.1 Å². The van der Waals surface area contributed by atoms with Crippen molar-refractivity contribution >= 4 is 39.3 Å². The summed E-state index contributed by atoms with van der Waals surface area (Å²) in [5.41, 5.74) is 3.45. The molecule has 4 aromatic rings. The lowest BCUT2D eigenvalue weighted by molar-refractivity contribution is 0.414. The van der Waals surface area contributed by atoms with E-state index in [1.807, 2.05) is 60.7 Å². The predicted molar refractivity (Wildman–Crippen MR) is 119 cm³/mol. The summed E-state index contributed by atoms with van der Waals surface area (Å²) in [6.45, 7) is 0. The first kappa shape index (κ1) is 17.4. The van der Waals surface area contributed by atoms with Crippen molar-refractivity contribution in [3.05, 3.63) is 94.3 Å². The standard InChI is InChI=1S/C24H16N2O3S/c1-28-15-12-10-14(11-13-15)22-20-21(16-6-2-4-8-18(16)29-23(20)27)25-24-26(22)17-7-3-5-9-19(17)30-24/h2-13,22H,1H3. The second kappa shape index (κ2) is 6.50. The molecule has 0 spiro atoms. The maximum absolute atomic E-state index is 13.2. The van der Waals surface area contributed by atoms with E-state index >= 15 is 0 Å². The van der Waals surface area contributed by atoms with Crippen molar-refractivity contribution in [1.29, 1.82) is 0 Å². The third-order valence-electron chi connectivity index (χ3n) is 5.52. The van der Waals surface area contributed by atoms with E-state index in [4.69, 9.17) is 14.1 Å². The van der Waals surface area contributed by atoms with Gasteiger partial charge in [0.2, 0.25) is 0 Å². The van der Waals surface area contributed by atoms with Gasteiger partial charge in [-0.15, -0.1) is 0 Å². The van der Waals surface area contributed by atoms with Gasteiger partial charge in [-0.25, -0.2) is 9.79 Å². The number of fused-ring (bicyclic) bond motifs is 6. The quantitative estimate of drug-likeness (QED) is 0.407. The molecule has 6 rings (SSSR count). The molecule has 1 atom stereocenters. The Kier molecular flexibility index (Phi) is 3.76. The first-order valence-corrected chi connectivity index (χ1v) is 10.4. The molecule has 1 unspecified atom stereocenters. The smallest absolute Gasteiger partial charge is 0.344 e. The topological polar surface area (TPSA) is 55.0 Å². The Labute approximate surface area is 176 Å². The lowest BCUT2D eigenvalue weighted by atomic mass is 9.94. The minimum absolute atomic E-state index is 0.338. The van der Waals surface area contributed by atoms with E-state index in [0.29, 0.717) is 16.8 Å². The molecule has 0 aliphatic carbocycles. The van der Waals surface area contributed by atoms with Gasteiger partial charge in [0.1, 0.15) is 11.3 Å². The van der Waals surface area contributed by atoms with Crippen molar-refractivity contribution in [3.8, 4) is 5.75 Å². The number of nitrogens with zero attached hydrogens (tertiary/aromatic N) is 2. The zero-order chi connectivity index (χ0) is 20.2. The Balaban J connectivity index is 1.68. The Morgan fingerprint density at radius 3 is 2.60 bits per heavy atom. The Morgan fingerprint density at radius 1 is 1.00 bits per heavy atom.